The lowest BCUT2D eigenvalue weighted by molar-refractivity contribution is -0.127. The summed E-state index contributed by atoms with van der Waals surface area (Å²) in [5.74, 6) is -0.792. The number of rotatable bonds is 7. The number of halogens is 1. The van der Waals surface area contributed by atoms with Gasteiger partial charge in [0.2, 0.25) is 5.91 Å². The van der Waals surface area contributed by atoms with Crippen LogP contribution in [0.1, 0.15) is 11.1 Å². The highest BCUT2D eigenvalue weighted by Gasteiger charge is 2.36. The van der Waals surface area contributed by atoms with Gasteiger partial charge in [-0.05, 0) is 66.2 Å². The van der Waals surface area contributed by atoms with Gasteiger partial charge in [-0.1, -0.05) is 22.0 Å². The number of carbonyl (C=O) groups is 3. The van der Waals surface area contributed by atoms with E-state index < -0.39 is 23.6 Å². The van der Waals surface area contributed by atoms with Crippen LogP contribution in [0.3, 0.4) is 0 Å². The van der Waals surface area contributed by atoms with E-state index in [4.69, 9.17) is 4.74 Å². The van der Waals surface area contributed by atoms with E-state index in [2.05, 4.69) is 27.8 Å². The van der Waals surface area contributed by atoms with Crippen LogP contribution >= 0.6 is 27.7 Å². The average Bonchev–Trinajstić information content (AvgIpc) is 2.99. The third-order valence-corrected chi connectivity index (χ3v) is 5.80. The predicted octanol–water partition coefficient (Wildman–Crippen LogP) is 4.57. The maximum atomic E-state index is 12.7. The maximum absolute atomic E-state index is 12.7. The first-order valence-electron chi connectivity index (χ1n) is 9.14. The van der Waals surface area contributed by atoms with Crippen molar-refractivity contribution in [2.24, 2.45) is 0 Å². The van der Waals surface area contributed by atoms with E-state index in [1.807, 2.05) is 0 Å². The zero-order valence-corrected chi connectivity index (χ0v) is 19.0. The summed E-state index contributed by atoms with van der Waals surface area (Å²) in [7, 11) is 1.43. The van der Waals surface area contributed by atoms with Crippen LogP contribution in [-0.2, 0) is 16.0 Å². The van der Waals surface area contributed by atoms with Crippen LogP contribution in [0, 0.1) is 0 Å². The number of benzene rings is 2. The second-order valence-corrected chi connectivity index (χ2v) is 8.46. The zero-order valence-electron chi connectivity index (χ0n) is 16.6. The summed E-state index contributed by atoms with van der Waals surface area (Å²) in [5.41, 5.74) is 1.71. The van der Waals surface area contributed by atoms with Gasteiger partial charge in [0.15, 0.2) is 11.5 Å². The lowest BCUT2D eigenvalue weighted by atomic mass is 10.1. The largest absolute Gasteiger partial charge is 0.504 e. The predicted molar refractivity (Wildman–Crippen MR) is 124 cm³/mol. The Morgan fingerprint density at radius 3 is 2.65 bits per heavy atom. The number of hydrogen-bond acceptors (Lipinski definition) is 6. The van der Waals surface area contributed by atoms with E-state index in [1.165, 1.54) is 13.2 Å². The van der Waals surface area contributed by atoms with Gasteiger partial charge in [0.25, 0.3) is 11.1 Å². The van der Waals surface area contributed by atoms with Crippen molar-refractivity contribution in [2.45, 2.75) is 6.42 Å². The fourth-order valence-corrected chi connectivity index (χ4v) is 4.01. The van der Waals surface area contributed by atoms with Crippen molar-refractivity contribution in [2.75, 3.05) is 19.0 Å². The minimum absolute atomic E-state index is 0.00253. The highest BCUT2D eigenvalue weighted by molar-refractivity contribution is 9.10. The molecule has 3 amide bonds. The molecule has 7 nitrogen and oxygen atoms in total. The Labute approximate surface area is 191 Å². The molecule has 9 heteroatoms. The van der Waals surface area contributed by atoms with Gasteiger partial charge >= 0.3 is 0 Å². The number of methoxy groups -OCH3 is 1. The molecule has 0 aromatic heterocycles. The molecule has 3 rings (SSSR count). The molecule has 0 unspecified atom stereocenters. The van der Waals surface area contributed by atoms with E-state index in [9.17, 15) is 19.5 Å². The summed E-state index contributed by atoms with van der Waals surface area (Å²) in [6, 6.07) is 10.2. The second kappa shape index (κ2) is 9.84. The van der Waals surface area contributed by atoms with E-state index in [-0.39, 0.29) is 16.4 Å². The minimum Gasteiger partial charge on any atom is -0.504 e. The van der Waals surface area contributed by atoms with Crippen LogP contribution in [0.25, 0.3) is 6.08 Å². The number of imide groups is 1. The highest BCUT2D eigenvalue weighted by Crippen LogP contribution is 2.36. The van der Waals surface area contributed by atoms with E-state index >= 15 is 0 Å². The van der Waals surface area contributed by atoms with Gasteiger partial charge in [0.1, 0.15) is 6.54 Å². The zero-order chi connectivity index (χ0) is 22.5. The summed E-state index contributed by atoms with van der Waals surface area (Å²) in [6.07, 6.45) is 3.57. The van der Waals surface area contributed by atoms with Gasteiger partial charge in [0, 0.05) is 15.7 Å². The first kappa shape index (κ1) is 22.6. The Morgan fingerprint density at radius 2 is 2.00 bits per heavy atom. The Hall–Kier alpha value is -3.04. The number of thioether (sulfide) groups is 1. The first-order valence-corrected chi connectivity index (χ1v) is 10.7. The highest BCUT2D eigenvalue weighted by atomic mass is 79.9. The molecule has 0 bridgehead atoms. The molecule has 2 aromatic rings. The molecule has 1 aliphatic rings. The van der Waals surface area contributed by atoms with E-state index in [0.717, 1.165) is 21.1 Å². The van der Waals surface area contributed by atoms with Gasteiger partial charge in [-0.15, -0.1) is 6.58 Å². The number of phenolic OH excluding ortho intramolecular Hbond substituents is 1. The molecule has 2 N–H and O–H groups in total. The summed E-state index contributed by atoms with van der Waals surface area (Å²) in [6.45, 7) is 3.27. The number of nitrogens with zero attached hydrogens (tertiary/aromatic N) is 1. The molecule has 160 valence electrons. The van der Waals surface area contributed by atoms with E-state index in [0.29, 0.717) is 23.2 Å². The fourth-order valence-electron chi connectivity index (χ4n) is 2.90. The summed E-state index contributed by atoms with van der Waals surface area (Å²) in [5, 5.41) is 12.3. The molecule has 0 aliphatic carbocycles. The molecule has 1 aliphatic heterocycles. The van der Waals surface area contributed by atoms with Gasteiger partial charge in [-0.25, -0.2) is 0 Å². The topological polar surface area (TPSA) is 95.9 Å². The number of nitrogens with one attached hydrogen (secondary N) is 1. The van der Waals surface area contributed by atoms with Crippen LogP contribution in [0.15, 0.2) is 58.4 Å². The molecule has 0 saturated carbocycles. The molecule has 1 heterocycles. The van der Waals surface area contributed by atoms with Crippen molar-refractivity contribution >= 4 is 56.5 Å². The molecule has 0 radical (unpaired) electrons. The van der Waals surface area contributed by atoms with Crippen molar-refractivity contribution in [1.29, 1.82) is 0 Å². The van der Waals surface area contributed by atoms with Crippen LogP contribution < -0.4 is 10.1 Å². The smallest absolute Gasteiger partial charge is 0.294 e. The third-order valence-electron chi connectivity index (χ3n) is 4.36. The molecular formula is C22H19BrN2O5S. The van der Waals surface area contributed by atoms with Crippen molar-refractivity contribution < 1.29 is 24.2 Å². The van der Waals surface area contributed by atoms with Gasteiger partial charge in [0.05, 0.1) is 12.0 Å². The average molecular weight is 503 g/mol. The number of hydrogen-bond donors (Lipinski definition) is 2. The fraction of sp³-hybridized carbons (Fsp3) is 0.136. The van der Waals surface area contributed by atoms with Crippen molar-refractivity contribution in [1.82, 2.24) is 4.90 Å². The number of carbonyl (C=O) groups excluding carboxylic acids is 3. The van der Waals surface area contributed by atoms with Crippen LogP contribution in [0.2, 0.25) is 0 Å². The molecule has 0 spiro atoms. The van der Waals surface area contributed by atoms with Gasteiger partial charge in [-0.2, -0.15) is 0 Å². The molecular weight excluding hydrogens is 484 g/mol. The summed E-state index contributed by atoms with van der Waals surface area (Å²) in [4.78, 5) is 38.4. The Morgan fingerprint density at radius 1 is 1.29 bits per heavy atom. The maximum Gasteiger partial charge on any atom is 0.294 e. The molecule has 2 aromatic carbocycles. The number of allylic oxidation sites excluding steroid dienone is 1. The van der Waals surface area contributed by atoms with Crippen LogP contribution in [0.4, 0.5) is 10.5 Å². The Kier molecular flexibility index (Phi) is 7.19. The lowest BCUT2D eigenvalue weighted by Crippen LogP contribution is -2.36. The second-order valence-electron chi connectivity index (χ2n) is 6.55. The number of amides is 3. The molecule has 0 atom stereocenters. The SMILES string of the molecule is C=CCc1cc(/C=C2\SC(=O)N(CC(=O)Nc3ccc(Br)cc3)C2=O)cc(OC)c1O. The quantitative estimate of drug-likeness (QED) is 0.425. The Bertz CT molecular complexity index is 1080. The van der Waals surface area contributed by atoms with Crippen molar-refractivity contribution in [3.63, 3.8) is 0 Å². The minimum atomic E-state index is -0.557. The molecule has 31 heavy (non-hydrogen) atoms. The number of aromatic hydroxyl groups is 1. The van der Waals surface area contributed by atoms with Crippen molar-refractivity contribution in [3.05, 3.63) is 69.6 Å². The lowest BCUT2D eigenvalue weighted by Gasteiger charge is -2.12. The Balaban J connectivity index is 1.77. The number of ether oxygens (including phenoxy) is 1. The summed E-state index contributed by atoms with van der Waals surface area (Å²) < 4.78 is 6.05. The molecule has 1 fully saturated rings. The summed E-state index contributed by atoms with van der Waals surface area (Å²) >= 11 is 4.06. The van der Waals surface area contributed by atoms with E-state index in [1.54, 1.807) is 42.5 Å². The third kappa shape index (κ3) is 5.36. The van der Waals surface area contributed by atoms with Gasteiger partial charge in [-0.3, -0.25) is 19.3 Å². The van der Waals surface area contributed by atoms with Crippen LogP contribution in [-0.4, -0.2) is 40.7 Å². The first-order chi connectivity index (χ1) is 14.8. The normalized spacial score (nSPS) is 14.8. The van der Waals surface area contributed by atoms with Crippen molar-refractivity contribution in [3.8, 4) is 11.5 Å². The molecule has 1 saturated heterocycles. The van der Waals surface area contributed by atoms with Gasteiger partial charge < -0.3 is 15.2 Å². The standard InChI is InChI=1S/C22H19BrN2O5S/c1-3-4-14-9-13(10-17(30-2)20(14)27)11-18-21(28)25(22(29)31-18)12-19(26)24-16-7-5-15(23)6-8-16/h3,5-11,27H,1,4,12H2,2H3,(H,24,26)/b18-11-. The monoisotopic (exact) mass is 502 g/mol. The number of anilines is 1. The number of phenols is 1. The van der Waals surface area contributed by atoms with Crippen LogP contribution in [0.5, 0.6) is 11.5 Å².